The van der Waals surface area contributed by atoms with Crippen LogP contribution in [-0.2, 0) is 16.1 Å². The zero-order valence-corrected chi connectivity index (χ0v) is 12.7. The van der Waals surface area contributed by atoms with Crippen LogP contribution >= 0.6 is 0 Å². The minimum atomic E-state index is -0.280. The van der Waals surface area contributed by atoms with Gasteiger partial charge in [0.2, 0.25) is 0 Å². The van der Waals surface area contributed by atoms with E-state index in [0.717, 1.165) is 5.56 Å². The van der Waals surface area contributed by atoms with Crippen molar-refractivity contribution >= 4 is 5.97 Å². The van der Waals surface area contributed by atoms with Gasteiger partial charge in [-0.05, 0) is 24.6 Å². The highest BCUT2D eigenvalue weighted by Gasteiger charge is 2.07. The van der Waals surface area contributed by atoms with E-state index in [1.807, 2.05) is 61.5 Å². The number of para-hydroxylation sites is 2. The Bertz CT molecular complexity index is 581. The summed E-state index contributed by atoms with van der Waals surface area (Å²) in [7, 11) is 0. The monoisotopic (exact) mass is 300 g/mol. The van der Waals surface area contributed by atoms with Crippen LogP contribution in [0.15, 0.2) is 54.6 Å². The minimum Gasteiger partial charge on any atom is -0.490 e. The lowest BCUT2D eigenvalue weighted by Crippen LogP contribution is -2.10. The van der Waals surface area contributed by atoms with Crippen molar-refractivity contribution in [1.29, 1.82) is 0 Å². The lowest BCUT2D eigenvalue weighted by molar-refractivity contribution is -0.145. The summed E-state index contributed by atoms with van der Waals surface area (Å²) in [6, 6.07) is 17.0. The maximum absolute atomic E-state index is 11.7. The third kappa shape index (κ3) is 5.13. The second kappa shape index (κ2) is 8.72. The van der Waals surface area contributed by atoms with Crippen molar-refractivity contribution in [2.75, 3.05) is 13.2 Å². The van der Waals surface area contributed by atoms with Crippen LogP contribution < -0.4 is 9.47 Å². The van der Waals surface area contributed by atoms with Crippen LogP contribution in [0.25, 0.3) is 0 Å². The molecule has 2 rings (SSSR count). The van der Waals surface area contributed by atoms with Crippen LogP contribution in [0.4, 0.5) is 0 Å². The van der Waals surface area contributed by atoms with E-state index >= 15 is 0 Å². The number of ether oxygens (including phenoxy) is 3. The van der Waals surface area contributed by atoms with E-state index in [2.05, 4.69) is 0 Å². The second-order valence-corrected chi connectivity index (χ2v) is 4.62. The van der Waals surface area contributed by atoms with Crippen LogP contribution in [0.3, 0.4) is 0 Å². The zero-order chi connectivity index (χ0) is 15.6. The molecule has 0 N–H and O–H groups in total. The summed E-state index contributed by atoms with van der Waals surface area (Å²) in [4.78, 5) is 11.7. The molecule has 0 aromatic heterocycles. The fourth-order valence-corrected chi connectivity index (χ4v) is 1.90. The van der Waals surface area contributed by atoms with Crippen molar-refractivity contribution in [2.24, 2.45) is 0 Å². The van der Waals surface area contributed by atoms with Gasteiger partial charge >= 0.3 is 5.97 Å². The second-order valence-electron chi connectivity index (χ2n) is 4.62. The predicted octanol–water partition coefficient (Wildman–Crippen LogP) is 3.60. The van der Waals surface area contributed by atoms with Gasteiger partial charge in [-0.15, -0.1) is 0 Å². The number of hydrogen-bond donors (Lipinski definition) is 0. The molecule has 22 heavy (non-hydrogen) atoms. The molecule has 0 heterocycles. The van der Waals surface area contributed by atoms with Gasteiger partial charge in [-0.1, -0.05) is 42.5 Å². The Morgan fingerprint density at radius 1 is 0.909 bits per heavy atom. The molecule has 0 radical (unpaired) electrons. The molecule has 0 aliphatic carbocycles. The molecule has 116 valence electrons. The Morgan fingerprint density at radius 3 is 2.23 bits per heavy atom. The molecule has 2 aromatic rings. The zero-order valence-electron chi connectivity index (χ0n) is 12.7. The van der Waals surface area contributed by atoms with Crippen LogP contribution in [0.1, 0.15) is 18.9 Å². The summed E-state index contributed by atoms with van der Waals surface area (Å²) < 4.78 is 16.2. The Balaban J connectivity index is 1.73. The predicted molar refractivity (Wildman–Crippen MR) is 84.0 cm³/mol. The number of carbonyl (C=O) groups is 1. The number of hydrogen-bond acceptors (Lipinski definition) is 4. The summed E-state index contributed by atoms with van der Waals surface area (Å²) in [6.45, 7) is 3.03. The Kier molecular flexibility index (Phi) is 6.30. The molecule has 0 bridgehead atoms. The first-order valence-electron chi connectivity index (χ1n) is 7.33. The fraction of sp³-hybridized carbons (Fsp3) is 0.278. The van der Waals surface area contributed by atoms with Crippen molar-refractivity contribution in [3.8, 4) is 11.5 Å². The maximum Gasteiger partial charge on any atom is 0.309 e. The van der Waals surface area contributed by atoms with E-state index < -0.39 is 0 Å². The molecule has 0 amide bonds. The van der Waals surface area contributed by atoms with Crippen molar-refractivity contribution in [2.45, 2.75) is 20.0 Å². The molecule has 0 aliphatic heterocycles. The van der Waals surface area contributed by atoms with Crippen molar-refractivity contribution in [1.82, 2.24) is 0 Å². The molecule has 0 saturated carbocycles. The van der Waals surface area contributed by atoms with Gasteiger partial charge in [-0.2, -0.15) is 0 Å². The molecule has 0 fully saturated rings. The highest BCUT2D eigenvalue weighted by Crippen LogP contribution is 2.26. The van der Waals surface area contributed by atoms with Crippen LogP contribution in [0.5, 0.6) is 11.5 Å². The minimum absolute atomic E-state index is 0.202. The van der Waals surface area contributed by atoms with Gasteiger partial charge in [0.05, 0.1) is 19.6 Å². The number of carbonyl (C=O) groups excluding carboxylic acids is 1. The molecule has 2 aromatic carbocycles. The van der Waals surface area contributed by atoms with E-state index in [4.69, 9.17) is 14.2 Å². The van der Waals surface area contributed by atoms with E-state index in [0.29, 0.717) is 18.1 Å². The molecular formula is C18H20O4. The molecule has 0 saturated heterocycles. The Hall–Kier alpha value is -2.49. The average molecular weight is 300 g/mol. The number of benzene rings is 2. The van der Waals surface area contributed by atoms with Gasteiger partial charge in [-0.25, -0.2) is 0 Å². The molecule has 0 spiro atoms. The molecule has 4 heteroatoms. The van der Waals surface area contributed by atoms with Gasteiger partial charge in [0, 0.05) is 0 Å². The van der Waals surface area contributed by atoms with E-state index in [1.54, 1.807) is 0 Å². The quantitative estimate of drug-likeness (QED) is 0.699. The van der Waals surface area contributed by atoms with Crippen LogP contribution in [-0.4, -0.2) is 19.2 Å². The molecular weight excluding hydrogens is 280 g/mol. The molecule has 0 unspecified atom stereocenters. The maximum atomic E-state index is 11.7. The lowest BCUT2D eigenvalue weighted by Gasteiger charge is -2.11. The summed E-state index contributed by atoms with van der Waals surface area (Å²) in [6.07, 6.45) is 0.202. The summed E-state index contributed by atoms with van der Waals surface area (Å²) in [5.74, 6) is 1.04. The van der Waals surface area contributed by atoms with Crippen molar-refractivity contribution in [3.63, 3.8) is 0 Å². The van der Waals surface area contributed by atoms with E-state index in [-0.39, 0.29) is 25.6 Å². The Morgan fingerprint density at radius 2 is 1.55 bits per heavy atom. The molecule has 4 nitrogen and oxygen atoms in total. The van der Waals surface area contributed by atoms with E-state index in [1.165, 1.54) is 0 Å². The highest BCUT2D eigenvalue weighted by atomic mass is 16.5. The van der Waals surface area contributed by atoms with Crippen molar-refractivity contribution < 1.29 is 19.0 Å². The number of esters is 1. The van der Waals surface area contributed by atoms with Crippen LogP contribution in [0, 0.1) is 0 Å². The van der Waals surface area contributed by atoms with E-state index in [9.17, 15) is 4.79 Å². The largest absolute Gasteiger partial charge is 0.490 e. The SMILES string of the molecule is CCOc1ccccc1OCCC(=O)OCc1ccccc1. The van der Waals surface area contributed by atoms with Crippen molar-refractivity contribution in [3.05, 3.63) is 60.2 Å². The smallest absolute Gasteiger partial charge is 0.309 e. The Labute approximate surface area is 130 Å². The molecule has 0 atom stereocenters. The van der Waals surface area contributed by atoms with Gasteiger partial charge in [0.25, 0.3) is 0 Å². The fourth-order valence-electron chi connectivity index (χ4n) is 1.90. The average Bonchev–Trinajstić information content (AvgIpc) is 2.56. The summed E-state index contributed by atoms with van der Waals surface area (Å²) >= 11 is 0. The first-order chi connectivity index (χ1) is 10.8. The standard InChI is InChI=1S/C18H20O4/c1-2-20-16-10-6-7-11-17(16)21-13-12-18(19)22-14-15-8-4-3-5-9-15/h3-11H,2,12-14H2,1H3. The first kappa shape index (κ1) is 15.9. The number of rotatable bonds is 8. The lowest BCUT2D eigenvalue weighted by atomic mass is 10.2. The van der Waals surface area contributed by atoms with Gasteiger partial charge < -0.3 is 14.2 Å². The van der Waals surface area contributed by atoms with Gasteiger partial charge in [-0.3, -0.25) is 4.79 Å². The van der Waals surface area contributed by atoms with Gasteiger partial charge in [0.1, 0.15) is 6.61 Å². The molecule has 0 aliphatic rings. The third-order valence-corrected chi connectivity index (χ3v) is 2.96. The third-order valence-electron chi connectivity index (χ3n) is 2.96. The first-order valence-corrected chi connectivity index (χ1v) is 7.33. The summed E-state index contributed by atoms with van der Waals surface area (Å²) in [5.41, 5.74) is 0.971. The summed E-state index contributed by atoms with van der Waals surface area (Å²) in [5, 5.41) is 0. The topological polar surface area (TPSA) is 44.8 Å². The van der Waals surface area contributed by atoms with Crippen LogP contribution in [0.2, 0.25) is 0 Å². The van der Waals surface area contributed by atoms with Gasteiger partial charge in [0.15, 0.2) is 11.5 Å². The highest BCUT2D eigenvalue weighted by molar-refractivity contribution is 5.69. The normalized spacial score (nSPS) is 10.0.